The fourth-order valence-corrected chi connectivity index (χ4v) is 0.613. The molecule has 0 aromatic rings. The normalized spacial score (nSPS) is 40.9. The van der Waals surface area contributed by atoms with Crippen molar-refractivity contribution in [3.8, 4) is 0 Å². The van der Waals surface area contributed by atoms with Crippen LogP contribution in [0.15, 0.2) is 20.0 Å². The molecule has 1 unspecified atom stereocenters. The summed E-state index contributed by atoms with van der Waals surface area (Å²) in [5.41, 5.74) is 0. The average molecular weight is 122 g/mol. The van der Waals surface area contributed by atoms with E-state index >= 15 is 0 Å². The second-order valence-corrected chi connectivity index (χ2v) is 1.55. The van der Waals surface area contributed by atoms with Gasteiger partial charge in [-0.3, -0.25) is 4.99 Å². The number of nitrogens with zero attached hydrogens (tertiary/aromatic N) is 4. The molecule has 1 atom stereocenters. The van der Waals surface area contributed by atoms with Gasteiger partial charge in [0.2, 0.25) is 0 Å². The number of hydrogen-bond acceptors (Lipinski definition) is 4. The zero-order valence-electron chi connectivity index (χ0n) is 6.44. The third-order valence-electron chi connectivity index (χ3n) is 1.01. The fraction of sp³-hybridized carbons (Fsp3) is 0.200. The molecule has 0 aliphatic carbocycles. The maximum absolute atomic E-state index is 7.56. The maximum atomic E-state index is 7.56. The van der Waals surface area contributed by atoms with Crippen molar-refractivity contribution in [3.05, 3.63) is 0 Å². The van der Waals surface area contributed by atoms with Gasteiger partial charge in [0, 0.05) is 6.21 Å². The molecule has 2 aliphatic rings. The number of fused-ring (bicyclic) bond motifs is 1. The van der Waals surface area contributed by atoms with Crippen molar-refractivity contribution in [2.24, 2.45) is 20.0 Å². The van der Waals surface area contributed by atoms with Gasteiger partial charge in [0.25, 0.3) is 0 Å². The first-order chi connectivity index (χ1) is 5.21. The molecule has 0 fully saturated rings. The van der Waals surface area contributed by atoms with Crippen LogP contribution in [0.3, 0.4) is 0 Å². The summed E-state index contributed by atoms with van der Waals surface area (Å²) in [6, 6.07) is -1.26. The summed E-state index contributed by atoms with van der Waals surface area (Å²) in [6.07, 6.45) is 2.39. The molecular formula is C5H4N4. The Morgan fingerprint density at radius 3 is 3.78 bits per heavy atom. The Kier molecular flexibility index (Phi) is 0.527. The van der Waals surface area contributed by atoms with Gasteiger partial charge in [-0.25, -0.2) is 15.0 Å². The van der Waals surface area contributed by atoms with Crippen LogP contribution >= 0.6 is 0 Å². The van der Waals surface area contributed by atoms with E-state index in [9.17, 15) is 0 Å². The molecule has 2 rings (SSSR count). The summed E-state index contributed by atoms with van der Waals surface area (Å²) in [7, 11) is 0. The minimum atomic E-state index is -1.26. The molecule has 0 radical (unpaired) electrons. The van der Waals surface area contributed by atoms with Gasteiger partial charge in [0.1, 0.15) is 20.0 Å². The number of aliphatic imine (C=N–C) groups is 4. The monoisotopic (exact) mass is 122 g/mol. The van der Waals surface area contributed by atoms with Crippen LogP contribution in [0.1, 0.15) is 2.74 Å². The molecule has 2 heterocycles. The van der Waals surface area contributed by atoms with E-state index in [1.165, 1.54) is 12.6 Å². The molecule has 0 amide bonds. The standard InChI is InChI=1S/C5H4N4/c1-4-5(8-2-6-1)9-3-7-4/h1-4H/i2D,4D. The Labute approximate surface area is 54.6 Å². The molecule has 4 nitrogen and oxygen atoms in total. The molecule has 44 valence electrons. The van der Waals surface area contributed by atoms with E-state index in [0.717, 1.165) is 0 Å². The minimum absolute atomic E-state index is 0.128. The van der Waals surface area contributed by atoms with Gasteiger partial charge < -0.3 is 0 Å². The molecule has 0 bridgehead atoms. The van der Waals surface area contributed by atoms with E-state index in [1.807, 2.05) is 0 Å². The third kappa shape index (κ3) is 0.595. The lowest BCUT2D eigenvalue weighted by Gasteiger charge is -2.01. The van der Waals surface area contributed by atoms with Crippen molar-refractivity contribution in [2.45, 2.75) is 6.02 Å². The quantitative estimate of drug-likeness (QED) is 0.431. The van der Waals surface area contributed by atoms with E-state index in [4.69, 9.17) is 2.74 Å². The molecule has 2 aliphatic heterocycles. The second-order valence-electron chi connectivity index (χ2n) is 1.55. The molecule has 0 saturated carbocycles. The van der Waals surface area contributed by atoms with E-state index in [-0.39, 0.29) is 12.2 Å². The van der Waals surface area contributed by atoms with E-state index in [0.29, 0.717) is 0 Å². The number of rotatable bonds is 0. The number of amidine groups is 2. The summed E-state index contributed by atoms with van der Waals surface area (Å²) in [6.45, 7) is 0. The highest BCUT2D eigenvalue weighted by Crippen LogP contribution is 2.02. The molecular weight excluding hydrogens is 116 g/mol. The SMILES string of the molecule is [2H]C1=NC2=NC=NC2([2H])C=N1. The van der Waals surface area contributed by atoms with Crippen molar-refractivity contribution >= 4 is 24.7 Å². The number of hydrogen-bond donors (Lipinski definition) is 0. The van der Waals surface area contributed by atoms with Crippen molar-refractivity contribution in [1.82, 2.24) is 0 Å². The van der Waals surface area contributed by atoms with Crippen LogP contribution in [-0.2, 0) is 0 Å². The predicted octanol–water partition coefficient (Wildman–Crippen LogP) is -0.0919. The van der Waals surface area contributed by atoms with Crippen molar-refractivity contribution in [1.29, 1.82) is 0 Å². The fourth-order valence-electron chi connectivity index (χ4n) is 0.613. The Balaban J connectivity index is 2.49. The lowest BCUT2D eigenvalue weighted by molar-refractivity contribution is 1.17. The van der Waals surface area contributed by atoms with Gasteiger partial charge >= 0.3 is 0 Å². The van der Waals surface area contributed by atoms with Crippen LogP contribution in [0.25, 0.3) is 0 Å². The highest BCUT2D eigenvalue weighted by Gasteiger charge is 2.15. The molecule has 4 heteroatoms. The summed E-state index contributed by atoms with van der Waals surface area (Å²) in [5.74, 6) is 0.220. The summed E-state index contributed by atoms with van der Waals surface area (Å²) in [5, 5.41) is 0. The third-order valence-corrected chi connectivity index (χ3v) is 1.01. The molecule has 0 spiro atoms. The van der Waals surface area contributed by atoms with Crippen LogP contribution in [0.2, 0.25) is 0 Å². The van der Waals surface area contributed by atoms with E-state index < -0.39 is 6.02 Å². The summed E-state index contributed by atoms with van der Waals surface area (Å²) < 4.78 is 14.6. The molecule has 0 aromatic carbocycles. The van der Waals surface area contributed by atoms with E-state index in [2.05, 4.69) is 20.0 Å². The molecule has 0 aromatic heterocycles. The molecule has 0 N–H and O–H groups in total. The molecule has 0 saturated heterocycles. The average Bonchev–Trinajstić information content (AvgIpc) is 2.31. The summed E-state index contributed by atoms with van der Waals surface area (Å²) >= 11 is 0. The first-order valence-corrected chi connectivity index (χ1v) is 2.43. The van der Waals surface area contributed by atoms with Gasteiger partial charge in [-0.15, -0.1) is 0 Å². The first-order valence-electron chi connectivity index (χ1n) is 3.43. The minimum Gasteiger partial charge on any atom is -0.256 e. The Hall–Kier alpha value is -1.32. The predicted molar refractivity (Wildman–Crippen MR) is 36.7 cm³/mol. The highest BCUT2D eigenvalue weighted by molar-refractivity contribution is 6.13. The van der Waals surface area contributed by atoms with Gasteiger partial charge in [0.05, 0.1) is 1.37 Å². The Morgan fingerprint density at radius 1 is 1.78 bits per heavy atom. The zero-order chi connectivity index (χ0) is 7.90. The maximum Gasteiger partial charge on any atom is 0.161 e. The van der Waals surface area contributed by atoms with Gasteiger partial charge in [-0.05, 0) is 0 Å². The zero-order valence-corrected chi connectivity index (χ0v) is 4.44. The van der Waals surface area contributed by atoms with Crippen LogP contribution in [0.4, 0.5) is 0 Å². The lowest BCUT2D eigenvalue weighted by Crippen LogP contribution is -2.17. The largest absolute Gasteiger partial charge is 0.256 e. The highest BCUT2D eigenvalue weighted by atomic mass is 15.1. The van der Waals surface area contributed by atoms with Gasteiger partial charge in [0.15, 0.2) is 5.84 Å². The second kappa shape index (κ2) is 1.58. The summed E-state index contributed by atoms with van der Waals surface area (Å²) in [4.78, 5) is 14.6. The van der Waals surface area contributed by atoms with Gasteiger partial charge in [-0.2, -0.15) is 0 Å². The van der Waals surface area contributed by atoms with E-state index in [1.54, 1.807) is 0 Å². The van der Waals surface area contributed by atoms with Crippen LogP contribution < -0.4 is 0 Å². The van der Waals surface area contributed by atoms with Crippen LogP contribution in [0, 0.1) is 0 Å². The topological polar surface area (TPSA) is 49.4 Å². The smallest absolute Gasteiger partial charge is 0.161 e. The molecule has 9 heavy (non-hydrogen) atoms. The van der Waals surface area contributed by atoms with Crippen molar-refractivity contribution in [2.75, 3.05) is 0 Å². The lowest BCUT2D eigenvalue weighted by atomic mass is 10.3. The van der Waals surface area contributed by atoms with Crippen molar-refractivity contribution in [3.63, 3.8) is 0 Å². The van der Waals surface area contributed by atoms with Gasteiger partial charge in [-0.1, -0.05) is 0 Å². The first kappa shape index (κ1) is 3.00. The van der Waals surface area contributed by atoms with Crippen LogP contribution in [-0.4, -0.2) is 30.7 Å². The van der Waals surface area contributed by atoms with Crippen LogP contribution in [0.5, 0.6) is 0 Å². The Morgan fingerprint density at radius 2 is 2.78 bits per heavy atom. The van der Waals surface area contributed by atoms with Crippen molar-refractivity contribution < 1.29 is 2.74 Å². The Bertz CT molecular complexity index is 316.